The Labute approximate surface area is 99.9 Å². The molecule has 0 heterocycles. The van der Waals surface area contributed by atoms with Gasteiger partial charge in [0.25, 0.3) is 0 Å². The van der Waals surface area contributed by atoms with E-state index in [4.69, 9.17) is 0 Å². The van der Waals surface area contributed by atoms with Gasteiger partial charge in [-0.1, -0.05) is 13.8 Å². The van der Waals surface area contributed by atoms with E-state index in [-0.39, 0.29) is 5.75 Å². The molecule has 0 saturated carbocycles. The van der Waals surface area contributed by atoms with Crippen LogP contribution in [0.4, 0.5) is 0 Å². The lowest BCUT2D eigenvalue weighted by Gasteiger charge is -2.19. The molecule has 0 saturated heterocycles. The van der Waals surface area contributed by atoms with Gasteiger partial charge in [-0.15, -0.1) is 0 Å². The second-order valence-electron chi connectivity index (χ2n) is 4.55. The van der Waals surface area contributed by atoms with Crippen molar-refractivity contribution in [1.82, 2.24) is 14.5 Å². The predicted octanol–water partition coefficient (Wildman–Crippen LogP) is -0.192. The standard InChI is InChI=1S/C10H25N3O2S/c1-10(2)11-6-9-16(14,15)13(5)8-7-12(3)4/h10-11H,6-9H2,1-5H3. The number of rotatable bonds is 8. The fourth-order valence-electron chi connectivity index (χ4n) is 1.11. The van der Waals surface area contributed by atoms with E-state index in [0.29, 0.717) is 19.1 Å². The third-order valence-electron chi connectivity index (χ3n) is 2.25. The van der Waals surface area contributed by atoms with Crippen LogP contribution in [0.5, 0.6) is 0 Å². The Morgan fingerprint density at radius 2 is 1.69 bits per heavy atom. The third kappa shape index (κ3) is 7.16. The molecule has 0 unspecified atom stereocenters. The smallest absolute Gasteiger partial charge is 0.215 e. The maximum Gasteiger partial charge on any atom is 0.215 e. The van der Waals surface area contributed by atoms with E-state index in [2.05, 4.69) is 5.32 Å². The van der Waals surface area contributed by atoms with Crippen molar-refractivity contribution in [1.29, 1.82) is 0 Å². The average Bonchev–Trinajstić information content (AvgIpc) is 2.12. The highest BCUT2D eigenvalue weighted by molar-refractivity contribution is 7.89. The summed E-state index contributed by atoms with van der Waals surface area (Å²) in [4.78, 5) is 1.97. The van der Waals surface area contributed by atoms with Crippen LogP contribution >= 0.6 is 0 Å². The zero-order valence-corrected chi connectivity index (χ0v) is 11.8. The molecule has 0 aromatic rings. The van der Waals surface area contributed by atoms with Gasteiger partial charge in [0.15, 0.2) is 0 Å². The van der Waals surface area contributed by atoms with Crippen molar-refractivity contribution in [3.05, 3.63) is 0 Å². The van der Waals surface area contributed by atoms with Crippen LogP contribution in [-0.4, -0.2) is 70.2 Å². The maximum atomic E-state index is 11.8. The topological polar surface area (TPSA) is 52.7 Å². The Bertz CT molecular complexity index is 276. The molecular weight excluding hydrogens is 226 g/mol. The molecule has 0 amide bonds. The first-order valence-corrected chi connectivity index (χ1v) is 7.18. The third-order valence-corrected chi connectivity index (χ3v) is 4.10. The molecule has 0 aromatic heterocycles. The molecule has 0 aliphatic rings. The minimum absolute atomic E-state index is 0.162. The first-order chi connectivity index (χ1) is 7.25. The van der Waals surface area contributed by atoms with E-state index in [9.17, 15) is 8.42 Å². The number of sulfonamides is 1. The highest BCUT2D eigenvalue weighted by Crippen LogP contribution is 1.97. The monoisotopic (exact) mass is 251 g/mol. The lowest BCUT2D eigenvalue weighted by molar-refractivity contribution is 0.358. The minimum atomic E-state index is -3.11. The Morgan fingerprint density at radius 1 is 1.12 bits per heavy atom. The van der Waals surface area contributed by atoms with Gasteiger partial charge >= 0.3 is 0 Å². The number of hydrogen-bond donors (Lipinski definition) is 1. The summed E-state index contributed by atoms with van der Waals surface area (Å²) in [5, 5.41) is 3.11. The van der Waals surface area contributed by atoms with Gasteiger partial charge < -0.3 is 10.2 Å². The van der Waals surface area contributed by atoms with Gasteiger partial charge in [0.1, 0.15) is 0 Å². The van der Waals surface area contributed by atoms with Crippen molar-refractivity contribution in [2.24, 2.45) is 0 Å². The summed E-state index contributed by atoms with van der Waals surface area (Å²) in [7, 11) is 2.39. The molecule has 0 fully saturated rings. The van der Waals surface area contributed by atoms with E-state index in [0.717, 1.165) is 6.54 Å². The van der Waals surface area contributed by atoms with Crippen molar-refractivity contribution in [2.45, 2.75) is 19.9 Å². The van der Waals surface area contributed by atoms with Gasteiger partial charge in [-0.05, 0) is 14.1 Å². The molecule has 0 aliphatic heterocycles. The van der Waals surface area contributed by atoms with Gasteiger partial charge in [0.05, 0.1) is 5.75 Å². The van der Waals surface area contributed by atoms with Gasteiger partial charge in [0, 0.05) is 32.7 Å². The summed E-state index contributed by atoms with van der Waals surface area (Å²) in [6.07, 6.45) is 0. The van der Waals surface area contributed by atoms with E-state index in [1.165, 1.54) is 4.31 Å². The summed E-state index contributed by atoms with van der Waals surface area (Å²) >= 11 is 0. The van der Waals surface area contributed by atoms with E-state index < -0.39 is 10.0 Å². The molecule has 98 valence electrons. The van der Waals surface area contributed by atoms with Crippen LogP contribution < -0.4 is 5.32 Å². The van der Waals surface area contributed by atoms with Crippen molar-refractivity contribution >= 4 is 10.0 Å². The molecule has 0 atom stereocenters. The molecule has 0 radical (unpaired) electrons. The highest BCUT2D eigenvalue weighted by atomic mass is 32.2. The summed E-state index contributed by atoms with van der Waals surface area (Å²) in [6.45, 7) is 5.79. The van der Waals surface area contributed by atoms with Crippen molar-refractivity contribution < 1.29 is 8.42 Å². The maximum absolute atomic E-state index is 11.8. The van der Waals surface area contributed by atoms with Crippen LogP contribution in [0.3, 0.4) is 0 Å². The van der Waals surface area contributed by atoms with Crippen LogP contribution in [0.2, 0.25) is 0 Å². The highest BCUT2D eigenvalue weighted by Gasteiger charge is 2.17. The molecule has 1 N–H and O–H groups in total. The van der Waals surface area contributed by atoms with Gasteiger partial charge in [-0.2, -0.15) is 0 Å². The first-order valence-electron chi connectivity index (χ1n) is 5.58. The van der Waals surface area contributed by atoms with Crippen molar-refractivity contribution in [3.63, 3.8) is 0 Å². The van der Waals surface area contributed by atoms with Gasteiger partial charge in [0.2, 0.25) is 10.0 Å². The zero-order valence-electron chi connectivity index (χ0n) is 11.0. The normalized spacial score (nSPS) is 13.0. The molecule has 0 spiro atoms. The molecule has 0 bridgehead atoms. The van der Waals surface area contributed by atoms with E-state index in [1.54, 1.807) is 7.05 Å². The zero-order chi connectivity index (χ0) is 12.8. The molecule has 0 rings (SSSR count). The fraction of sp³-hybridized carbons (Fsp3) is 1.00. The van der Waals surface area contributed by atoms with Gasteiger partial charge in [-0.3, -0.25) is 0 Å². The van der Waals surface area contributed by atoms with Crippen molar-refractivity contribution in [2.75, 3.05) is 46.5 Å². The SMILES string of the molecule is CC(C)NCCS(=O)(=O)N(C)CCN(C)C. The summed E-state index contributed by atoms with van der Waals surface area (Å²) in [5.74, 6) is 0.162. The Kier molecular flexibility index (Phi) is 7.14. The van der Waals surface area contributed by atoms with Crippen LogP contribution in [0.15, 0.2) is 0 Å². The minimum Gasteiger partial charge on any atom is -0.313 e. The molecular formula is C10H25N3O2S. The average molecular weight is 251 g/mol. The fourth-order valence-corrected chi connectivity index (χ4v) is 2.16. The number of nitrogens with one attached hydrogen (secondary N) is 1. The van der Waals surface area contributed by atoms with E-state index >= 15 is 0 Å². The lowest BCUT2D eigenvalue weighted by atomic mass is 10.4. The number of nitrogens with zero attached hydrogens (tertiary/aromatic N) is 2. The summed E-state index contributed by atoms with van der Waals surface area (Å²) in [6, 6.07) is 0.322. The largest absolute Gasteiger partial charge is 0.313 e. The Hall–Kier alpha value is -0.170. The van der Waals surface area contributed by atoms with Crippen LogP contribution in [-0.2, 0) is 10.0 Å². The van der Waals surface area contributed by atoms with Crippen LogP contribution in [0.1, 0.15) is 13.8 Å². The molecule has 5 nitrogen and oxygen atoms in total. The molecule has 6 heteroatoms. The van der Waals surface area contributed by atoms with Crippen molar-refractivity contribution in [3.8, 4) is 0 Å². The lowest BCUT2D eigenvalue weighted by Crippen LogP contribution is -2.38. The second-order valence-corrected chi connectivity index (χ2v) is 6.75. The Morgan fingerprint density at radius 3 is 2.12 bits per heavy atom. The first kappa shape index (κ1) is 15.8. The molecule has 0 aliphatic carbocycles. The second kappa shape index (κ2) is 7.21. The number of likely N-dealkylation sites (N-methyl/N-ethyl adjacent to an activating group) is 2. The summed E-state index contributed by atoms with van der Waals surface area (Å²) < 4.78 is 25.0. The van der Waals surface area contributed by atoms with Gasteiger partial charge in [-0.25, -0.2) is 12.7 Å². The summed E-state index contributed by atoms with van der Waals surface area (Å²) in [5.41, 5.74) is 0. The van der Waals surface area contributed by atoms with Crippen LogP contribution in [0.25, 0.3) is 0 Å². The van der Waals surface area contributed by atoms with E-state index in [1.807, 2.05) is 32.8 Å². The van der Waals surface area contributed by atoms with Crippen LogP contribution in [0, 0.1) is 0 Å². The quantitative estimate of drug-likeness (QED) is 0.649. The predicted molar refractivity (Wildman–Crippen MR) is 68.1 cm³/mol. The number of hydrogen-bond acceptors (Lipinski definition) is 4. The molecule has 0 aromatic carbocycles. The Balaban J connectivity index is 4.01. The molecule has 16 heavy (non-hydrogen) atoms.